The van der Waals surface area contributed by atoms with Gasteiger partial charge in [-0.15, -0.1) is 6.42 Å². The van der Waals surface area contributed by atoms with Crippen LogP contribution >= 0.6 is 0 Å². The summed E-state index contributed by atoms with van der Waals surface area (Å²) < 4.78 is 19.2. The van der Waals surface area contributed by atoms with Crippen LogP contribution in [-0.4, -0.2) is 25.8 Å². The Hall–Kier alpha value is -2.65. The van der Waals surface area contributed by atoms with Crippen molar-refractivity contribution >= 4 is 21.8 Å². The van der Waals surface area contributed by atoms with Crippen molar-refractivity contribution in [1.82, 2.24) is 15.0 Å². The number of aromatic amines is 1. The SMILES string of the molecule is C#CCOc1c(C)cnc2c1CCCC2S(=O)c1nc2cc(C)c(C)cc2[nH]1. The van der Waals surface area contributed by atoms with E-state index in [0.717, 1.165) is 52.9 Å². The Labute approximate surface area is 167 Å². The van der Waals surface area contributed by atoms with Gasteiger partial charge in [0.2, 0.25) is 0 Å². The van der Waals surface area contributed by atoms with E-state index in [2.05, 4.69) is 40.8 Å². The molecule has 2 unspecified atom stereocenters. The van der Waals surface area contributed by atoms with E-state index in [9.17, 15) is 4.21 Å². The molecule has 2 aromatic heterocycles. The number of benzene rings is 1. The van der Waals surface area contributed by atoms with Gasteiger partial charge in [-0.2, -0.15) is 0 Å². The van der Waals surface area contributed by atoms with Crippen molar-refractivity contribution < 1.29 is 8.95 Å². The third kappa shape index (κ3) is 3.20. The number of rotatable bonds is 4. The molecule has 5 nitrogen and oxygen atoms in total. The molecule has 6 heteroatoms. The molecule has 0 saturated heterocycles. The van der Waals surface area contributed by atoms with Crippen LogP contribution in [0.15, 0.2) is 23.5 Å². The second kappa shape index (κ2) is 7.40. The van der Waals surface area contributed by atoms with Gasteiger partial charge in [0.05, 0.1) is 32.8 Å². The number of pyridine rings is 1. The smallest absolute Gasteiger partial charge is 0.198 e. The minimum Gasteiger partial charge on any atom is -0.480 e. The number of aryl methyl sites for hydroxylation is 3. The van der Waals surface area contributed by atoms with Crippen LogP contribution in [-0.2, 0) is 17.2 Å². The first-order valence-corrected chi connectivity index (χ1v) is 10.6. The fourth-order valence-corrected chi connectivity index (χ4v) is 5.23. The molecule has 144 valence electrons. The van der Waals surface area contributed by atoms with Crippen molar-refractivity contribution in [2.75, 3.05) is 6.61 Å². The van der Waals surface area contributed by atoms with Crippen LogP contribution < -0.4 is 4.74 Å². The second-order valence-corrected chi connectivity index (χ2v) is 8.85. The molecule has 0 saturated carbocycles. The summed E-state index contributed by atoms with van der Waals surface area (Å²) in [4.78, 5) is 12.5. The number of imidazole rings is 1. The standard InChI is InChI=1S/C22H23N3O2S/c1-5-9-27-21-15(4)12-23-20-16(21)7-6-8-19(20)28(26)22-24-17-10-13(2)14(3)11-18(17)25-22/h1,10-12,19H,6-9H2,2-4H3,(H,24,25). The zero-order chi connectivity index (χ0) is 19.8. The van der Waals surface area contributed by atoms with Gasteiger partial charge in [0.15, 0.2) is 5.16 Å². The molecule has 4 rings (SSSR count). The predicted octanol–water partition coefficient (Wildman–Crippen LogP) is 4.08. The molecular formula is C22H23N3O2S. The summed E-state index contributed by atoms with van der Waals surface area (Å²) >= 11 is 0. The lowest BCUT2D eigenvalue weighted by atomic mass is 9.93. The van der Waals surface area contributed by atoms with E-state index in [-0.39, 0.29) is 11.9 Å². The number of nitrogens with one attached hydrogen (secondary N) is 1. The zero-order valence-electron chi connectivity index (χ0n) is 16.3. The lowest BCUT2D eigenvalue weighted by molar-refractivity contribution is 0.359. The number of H-pyrrole nitrogens is 1. The Morgan fingerprint density at radius 3 is 2.86 bits per heavy atom. The van der Waals surface area contributed by atoms with E-state index in [1.54, 1.807) is 6.20 Å². The highest BCUT2D eigenvalue weighted by atomic mass is 32.2. The van der Waals surface area contributed by atoms with Gasteiger partial charge in [-0.3, -0.25) is 9.19 Å². The van der Waals surface area contributed by atoms with Gasteiger partial charge in [0.1, 0.15) is 12.4 Å². The first kappa shape index (κ1) is 18.7. The zero-order valence-corrected chi connectivity index (χ0v) is 17.2. The van der Waals surface area contributed by atoms with Crippen molar-refractivity contribution in [3.8, 4) is 18.1 Å². The van der Waals surface area contributed by atoms with Gasteiger partial charge in [0.25, 0.3) is 0 Å². The number of ether oxygens (including phenoxy) is 1. The third-order valence-corrected chi connectivity index (χ3v) is 6.91. The van der Waals surface area contributed by atoms with E-state index in [1.165, 1.54) is 11.1 Å². The van der Waals surface area contributed by atoms with Gasteiger partial charge >= 0.3 is 0 Å². The van der Waals surface area contributed by atoms with E-state index in [0.29, 0.717) is 5.16 Å². The Morgan fingerprint density at radius 1 is 1.29 bits per heavy atom. The number of hydrogen-bond acceptors (Lipinski definition) is 4. The van der Waals surface area contributed by atoms with Crippen molar-refractivity contribution in [3.63, 3.8) is 0 Å². The van der Waals surface area contributed by atoms with Gasteiger partial charge in [-0.05, 0) is 63.3 Å². The summed E-state index contributed by atoms with van der Waals surface area (Å²) in [6, 6.07) is 4.09. The minimum atomic E-state index is -1.32. The average molecular weight is 394 g/mol. The van der Waals surface area contributed by atoms with Crippen LogP contribution in [0.2, 0.25) is 0 Å². The van der Waals surface area contributed by atoms with Gasteiger partial charge < -0.3 is 9.72 Å². The first-order valence-electron chi connectivity index (χ1n) is 9.41. The molecule has 0 aliphatic heterocycles. The highest BCUT2D eigenvalue weighted by Crippen LogP contribution is 2.40. The molecule has 0 amide bonds. The Morgan fingerprint density at radius 2 is 2.07 bits per heavy atom. The molecule has 28 heavy (non-hydrogen) atoms. The van der Waals surface area contributed by atoms with Crippen LogP contribution in [0.3, 0.4) is 0 Å². The summed E-state index contributed by atoms with van der Waals surface area (Å²) in [5.41, 5.74) is 6.94. The molecule has 1 N–H and O–H groups in total. The molecule has 0 radical (unpaired) electrons. The lowest BCUT2D eigenvalue weighted by Gasteiger charge is -2.25. The molecule has 0 bridgehead atoms. The molecule has 2 heterocycles. The number of hydrogen-bond donors (Lipinski definition) is 1. The van der Waals surface area contributed by atoms with Crippen LogP contribution in [0.4, 0.5) is 0 Å². The molecule has 2 atom stereocenters. The second-order valence-electron chi connectivity index (χ2n) is 7.30. The topological polar surface area (TPSA) is 67.9 Å². The van der Waals surface area contributed by atoms with E-state index >= 15 is 0 Å². The maximum absolute atomic E-state index is 13.4. The maximum Gasteiger partial charge on any atom is 0.198 e. The predicted molar refractivity (Wildman–Crippen MR) is 111 cm³/mol. The molecule has 0 spiro atoms. The maximum atomic E-state index is 13.4. The van der Waals surface area contributed by atoms with Gasteiger partial charge in [-0.25, -0.2) is 4.98 Å². The quantitative estimate of drug-likeness (QED) is 0.678. The number of fused-ring (bicyclic) bond motifs is 2. The third-order valence-electron chi connectivity index (χ3n) is 5.36. The average Bonchev–Trinajstić information content (AvgIpc) is 3.09. The van der Waals surface area contributed by atoms with Crippen molar-refractivity contribution in [3.05, 3.63) is 46.3 Å². The summed E-state index contributed by atoms with van der Waals surface area (Å²) in [6.07, 6.45) is 9.74. The van der Waals surface area contributed by atoms with Crippen LogP contribution in [0.1, 0.15) is 46.0 Å². The van der Waals surface area contributed by atoms with Gasteiger partial charge in [-0.1, -0.05) is 5.92 Å². The molecule has 0 fully saturated rings. The molecule has 1 aliphatic rings. The number of terminal acetylenes is 1. The van der Waals surface area contributed by atoms with Crippen LogP contribution in [0, 0.1) is 33.1 Å². The summed E-state index contributed by atoms with van der Waals surface area (Å²) in [6.45, 7) is 6.30. The first-order chi connectivity index (χ1) is 13.5. The molecule has 3 aromatic rings. The number of nitrogens with zero attached hydrogens (tertiary/aromatic N) is 2. The summed E-state index contributed by atoms with van der Waals surface area (Å²) in [5.74, 6) is 3.31. The molecule has 1 aliphatic carbocycles. The Bertz CT molecular complexity index is 1090. The van der Waals surface area contributed by atoms with E-state index < -0.39 is 10.8 Å². The Kier molecular flexibility index (Phi) is 4.94. The van der Waals surface area contributed by atoms with Gasteiger partial charge in [0, 0.05) is 17.3 Å². The molecular weight excluding hydrogens is 370 g/mol. The van der Waals surface area contributed by atoms with Crippen molar-refractivity contribution in [2.24, 2.45) is 0 Å². The van der Waals surface area contributed by atoms with Crippen LogP contribution in [0.25, 0.3) is 11.0 Å². The highest BCUT2D eigenvalue weighted by molar-refractivity contribution is 7.85. The number of aromatic nitrogens is 3. The highest BCUT2D eigenvalue weighted by Gasteiger charge is 2.32. The van der Waals surface area contributed by atoms with Crippen LogP contribution in [0.5, 0.6) is 5.75 Å². The minimum absolute atomic E-state index is 0.208. The largest absolute Gasteiger partial charge is 0.480 e. The fourth-order valence-electron chi connectivity index (χ4n) is 3.78. The van der Waals surface area contributed by atoms with Crippen molar-refractivity contribution in [2.45, 2.75) is 50.4 Å². The lowest BCUT2D eigenvalue weighted by Crippen LogP contribution is -2.19. The van der Waals surface area contributed by atoms with E-state index in [4.69, 9.17) is 11.2 Å². The summed E-state index contributed by atoms with van der Waals surface area (Å²) in [5, 5.41) is 0.298. The fraction of sp³-hybridized carbons (Fsp3) is 0.364. The Balaban J connectivity index is 1.73. The van der Waals surface area contributed by atoms with Crippen molar-refractivity contribution in [1.29, 1.82) is 0 Å². The normalized spacial score (nSPS) is 17.1. The molecule has 1 aromatic carbocycles. The van der Waals surface area contributed by atoms with E-state index in [1.807, 2.05) is 13.0 Å². The monoisotopic (exact) mass is 393 g/mol. The summed E-state index contributed by atoms with van der Waals surface area (Å²) in [7, 11) is -1.32.